The van der Waals surface area contributed by atoms with Crippen molar-refractivity contribution in [3.63, 3.8) is 0 Å². The van der Waals surface area contributed by atoms with E-state index in [1.54, 1.807) is 24.3 Å². The first-order chi connectivity index (χ1) is 8.19. The molecular weight excluding hydrogens is 284 g/mol. The van der Waals surface area contributed by atoms with Gasteiger partial charge in [-0.2, -0.15) is 0 Å². The van der Waals surface area contributed by atoms with Gasteiger partial charge in [0.1, 0.15) is 24.5 Å². The van der Waals surface area contributed by atoms with Crippen LogP contribution in [-0.4, -0.2) is 19.2 Å². The van der Waals surface area contributed by atoms with E-state index in [9.17, 15) is 4.79 Å². The van der Waals surface area contributed by atoms with E-state index in [0.717, 1.165) is 4.47 Å². The molecule has 1 rings (SSSR count). The van der Waals surface area contributed by atoms with E-state index in [1.807, 2.05) is 0 Å². The van der Waals surface area contributed by atoms with Gasteiger partial charge in [-0.05, 0) is 18.2 Å². The molecule has 0 spiro atoms. The topological polar surface area (TPSA) is 35.5 Å². The number of rotatable bonds is 6. The summed E-state index contributed by atoms with van der Waals surface area (Å²) in [7, 11) is 0. The van der Waals surface area contributed by atoms with E-state index in [1.165, 1.54) is 6.08 Å². The third-order valence-corrected chi connectivity index (χ3v) is 2.34. The van der Waals surface area contributed by atoms with Crippen molar-refractivity contribution in [3.8, 4) is 5.75 Å². The van der Waals surface area contributed by atoms with Crippen molar-refractivity contribution in [2.45, 2.75) is 0 Å². The van der Waals surface area contributed by atoms with Crippen molar-refractivity contribution in [3.05, 3.63) is 53.5 Å². The molecule has 0 radical (unpaired) electrons. The molecule has 0 aliphatic carbocycles. The third-order valence-electron chi connectivity index (χ3n) is 1.85. The fourth-order valence-corrected chi connectivity index (χ4v) is 1.51. The standard InChI is InChI=1S/C13H13BrO3/c1-3-7-16-12-6-5-10(14)9-11(12)13(15)17-8-4-2/h3-6,9H,1-2,7-8H2. The van der Waals surface area contributed by atoms with Gasteiger partial charge in [-0.15, -0.1) is 0 Å². The smallest absolute Gasteiger partial charge is 0.342 e. The van der Waals surface area contributed by atoms with E-state index >= 15 is 0 Å². The number of esters is 1. The van der Waals surface area contributed by atoms with Crippen LogP contribution in [0.25, 0.3) is 0 Å². The Kier molecular flexibility index (Phi) is 5.49. The van der Waals surface area contributed by atoms with Crippen LogP contribution in [-0.2, 0) is 4.74 Å². The molecule has 4 heteroatoms. The Morgan fingerprint density at radius 3 is 2.65 bits per heavy atom. The molecule has 0 aliphatic heterocycles. The van der Waals surface area contributed by atoms with Crippen molar-refractivity contribution in [1.82, 2.24) is 0 Å². The molecule has 0 N–H and O–H groups in total. The van der Waals surface area contributed by atoms with Crippen LogP contribution in [0.15, 0.2) is 48.0 Å². The van der Waals surface area contributed by atoms with Crippen LogP contribution in [0.5, 0.6) is 5.75 Å². The minimum atomic E-state index is -0.440. The first kappa shape index (κ1) is 13.5. The van der Waals surface area contributed by atoms with E-state index in [4.69, 9.17) is 9.47 Å². The number of carbonyl (C=O) groups is 1. The average molecular weight is 297 g/mol. The number of hydrogen-bond acceptors (Lipinski definition) is 3. The van der Waals surface area contributed by atoms with E-state index < -0.39 is 5.97 Å². The quantitative estimate of drug-likeness (QED) is 0.596. The lowest BCUT2D eigenvalue weighted by Crippen LogP contribution is -2.08. The minimum Gasteiger partial charge on any atom is -0.489 e. The van der Waals surface area contributed by atoms with Crippen LogP contribution in [0, 0.1) is 0 Å². The Labute approximate surface area is 109 Å². The molecule has 1 aromatic rings. The van der Waals surface area contributed by atoms with Gasteiger partial charge in [0, 0.05) is 4.47 Å². The summed E-state index contributed by atoms with van der Waals surface area (Å²) in [6, 6.07) is 5.16. The molecule has 0 amide bonds. The lowest BCUT2D eigenvalue weighted by atomic mass is 10.2. The maximum atomic E-state index is 11.7. The molecule has 0 aromatic heterocycles. The zero-order chi connectivity index (χ0) is 12.7. The van der Waals surface area contributed by atoms with Crippen molar-refractivity contribution in [1.29, 1.82) is 0 Å². The lowest BCUT2D eigenvalue weighted by molar-refractivity contribution is 0.0545. The van der Waals surface area contributed by atoms with Crippen LogP contribution >= 0.6 is 15.9 Å². The molecule has 0 heterocycles. The zero-order valence-electron chi connectivity index (χ0n) is 9.32. The highest BCUT2D eigenvalue weighted by Crippen LogP contribution is 2.24. The molecule has 0 atom stereocenters. The average Bonchev–Trinajstić information content (AvgIpc) is 2.34. The largest absolute Gasteiger partial charge is 0.489 e. The second-order valence-corrected chi connectivity index (χ2v) is 4.04. The Balaban J connectivity index is 2.92. The minimum absolute atomic E-state index is 0.173. The summed E-state index contributed by atoms with van der Waals surface area (Å²) in [5.74, 6) is 0.0347. The van der Waals surface area contributed by atoms with Crippen molar-refractivity contribution < 1.29 is 14.3 Å². The Morgan fingerprint density at radius 1 is 1.29 bits per heavy atom. The van der Waals surface area contributed by atoms with Gasteiger partial charge in [0.2, 0.25) is 0 Å². The molecule has 0 saturated carbocycles. The SMILES string of the molecule is C=CCOC(=O)c1cc(Br)ccc1OCC=C. The Bertz CT molecular complexity index is 427. The summed E-state index contributed by atoms with van der Waals surface area (Å²) in [6.45, 7) is 7.55. The van der Waals surface area contributed by atoms with Crippen LogP contribution in [0.2, 0.25) is 0 Å². The second kappa shape index (κ2) is 6.91. The van der Waals surface area contributed by atoms with Gasteiger partial charge in [0.15, 0.2) is 0 Å². The number of benzene rings is 1. The molecule has 3 nitrogen and oxygen atoms in total. The second-order valence-electron chi connectivity index (χ2n) is 3.13. The molecule has 0 unspecified atom stereocenters. The highest BCUT2D eigenvalue weighted by atomic mass is 79.9. The Hall–Kier alpha value is -1.55. The van der Waals surface area contributed by atoms with Gasteiger partial charge in [0.05, 0.1) is 0 Å². The zero-order valence-corrected chi connectivity index (χ0v) is 10.9. The number of hydrogen-bond donors (Lipinski definition) is 0. The summed E-state index contributed by atoms with van der Waals surface area (Å²) in [5.41, 5.74) is 0.378. The summed E-state index contributed by atoms with van der Waals surface area (Å²) < 4.78 is 11.1. The molecule has 0 aliphatic rings. The van der Waals surface area contributed by atoms with Crippen LogP contribution < -0.4 is 4.74 Å². The molecule has 0 saturated heterocycles. The predicted molar refractivity (Wildman–Crippen MR) is 70.3 cm³/mol. The summed E-state index contributed by atoms with van der Waals surface area (Å²) in [4.78, 5) is 11.7. The van der Waals surface area contributed by atoms with Gasteiger partial charge in [-0.1, -0.05) is 41.2 Å². The maximum absolute atomic E-state index is 11.7. The van der Waals surface area contributed by atoms with Gasteiger partial charge in [0.25, 0.3) is 0 Å². The summed E-state index contributed by atoms with van der Waals surface area (Å²) in [6.07, 6.45) is 3.13. The monoisotopic (exact) mass is 296 g/mol. The van der Waals surface area contributed by atoms with Gasteiger partial charge < -0.3 is 9.47 Å². The number of halogens is 1. The van der Waals surface area contributed by atoms with Crippen LogP contribution in [0.4, 0.5) is 0 Å². The van der Waals surface area contributed by atoms with Crippen LogP contribution in [0.3, 0.4) is 0 Å². The molecule has 1 aromatic carbocycles. The highest BCUT2D eigenvalue weighted by molar-refractivity contribution is 9.10. The molecule has 90 valence electrons. The molecular formula is C13H13BrO3. The van der Waals surface area contributed by atoms with E-state index in [0.29, 0.717) is 17.9 Å². The van der Waals surface area contributed by atoms with Gasteiger partial charge >= 0.3 is 5.97 Å². The van der Waals surface area contributed by atoms with Gasteiger partial charge in [-0.25, -0.2) is 4.79 Å². The molecule has 17 heavy (non-hydrogen) atoms. The first-order valence-corrected chi connectivity index (χ1v) is 5.79. The lowest BCUT2D eigenvalue weighted by Gasteiger charge is -2.09. The van der Waals surface area contributed by atoms with Gasteiger partial charge in [-0.3, -0.25) is 0 Å². The fraction of sp³-hybridized carbons (Fsp3) is 0.154. The third kappa shape index (κ3) is 4.07. The van der Waals surface area contributed by atoms with Crippen molar-refractivity contribution >= 4 is 21.9 Å². The van der Waals surface area contributed by atoms with E-state index in [-0.39, 0.29) is 6.61 Å². The predicted octanol–water partition coefficient (Wildman–Crippen LogP) is 3.36. The van der Waals surface area contributed by atoms with Crippen LogP contribution in [0.1, 0.15) is 10.4 Å². The maximum Gasteiger partial charge on any atom is 0.342 e. The summed E-state index contributed by atoms with van der Waals surface area (Å²) in [5, 5.41) is 0. The number of carbonyl (C=O) groups excluding carboxylic acids is 1. The fourth-order valence-electron chi connectivity index (χ4n) is 1.15. The van der Waals surface area contributed by atoms with Crippen molar-refractivity contribution in [2.24, 2.45) is 0 Å². The van der Waals surface area contributed by atoms with E-state index in [2.05, 4.69) is 29.1 Å². The highest BCUT2D eigenvalue weighted by Gasteiger charge is 2.14. The van der Waals surface area contributed by atoms with Crippen molar-refractivity contribution in [2.75, 3.05) is 13.2 Å². The Morgan fingerprint density at radius 2 is 2.00 bits per heavy atom. The molecule has 0 bridgehead atoms. The number of ether oxygens (including phenoxy) is 2. The molecule has 0 fully saturated rings. The normalized spacial score (nSPS) is 9.47. The first-order valence-electron chi connectivity index (χ1n) is 5.00. The summed E-state index contributed by atoms with van der Waals surface area (Å²) >= 11 is 3.30.